The summed E-state index contributed by atoms with van der Waals surface area (Å²) in [5.74, 6) is 0.348. The van der Waals surface area contributed by atoms with Crippen molar-refractivity contribution in [2.45, 2.75) is 31.2 Å². The fourth-order valence-corrected chi connectivity index (χ4v) is 3.26. The van der Waals surface area contributed by atoms with Gasteiger partial charge in [-0.2, -0.15) is 0 Å². The average Bonchev–Trinajstić information content (AvgIpc) is 2.46. The molecule has 0 spiro atoms. The fraction of sp³-hybridized carbons (Fsp3) is 0.250. The molecular weight excluding hydrogens is 306 g/mol. The van der Waals surface area contributed by atoms with Crippen LogP contribution in [0.3, 0.4) is 0 Å². The van der Waals surface area contributed by atoms with E-state index in [1.54, 1.807) is 12.1 Å². The molecule has 0 radical (unpaired) electrons. The zero-order chi connectivity index (χ0) is 15.5. The molecule has 2 aromatic carbocycles. The number of halogens is 1. The molecule has 21 heavy (non-hydrogen) atoms. The maximum absolute atomic E-state index is 12.2. The predicted octanol–water partition coefficient (Wildman–Crippen LogP) is 3.94. The lowest BCUT2D eigenvalue weighted by Gasteiger charge is -2.13. The number of nitrogens with one attached hydrogen (secondary N) is 1. The topological polar surface area (TPSA) is 46.2 Å². The second-order valence-electron chi connectivity index (χ2n) is 5.13. The molecule has 0 heterocycles. The van der Waals surface area contributed by atoms with Gasteiger partial charge in [0.1, 0.15) is 0 Å². The second kappa shape index (κ2) is 6.60. The summed E-state index contributed by atoms with van der Waals surface area (Å²) < 4.78 is 27.1. The van der Waals surface area contributed by atoms with E-state index >= 15 is 0 Å². The Hall–Kier alpha value is -1.36. The molecular formula is C16H18ClNO2S. The first-order chi connectivity index (χ1) is 9.90. The van der Waals surface area contributed by atoms with Gasteiger partial charge in [-0.25, -0.2) is 13.1 Å². The summed E-state index contributed by atoms with van der Waals surface area (Å²) in [5, 5.41) is 0.513. The molecule has 0 fully saturated rings. The van der Waals surface area contributed by atoms with E-state index in [0.29, 0.717) is 10.9 Å². The summed E-state index contributed by atoms with van der Waals surface area (Å²) in [6, 6.07) is 14.0. The molecule has 0 bridgehead atoms. The van der Waals surface area contributed by atoms with E-state index in [1.165, 1.54) is 12.1 Å². The maximum Gasteiger partial charge on any atom is 0.240 e. The summed E-state index contributed by atoms with van der Waals surface area (Å²) in [5.41, 5.74) is 2.14. The van der Waals surface area contributed by atoms with Crippen LogP contribution in [-0.4, -0.2) is 8.42 Å². The quantitative estimate of drug-likeness (QED) is 0.905. The van der Waals surface area contributed by atoms with E-state index in [1.807, 2.05) is 24.3 Å². The van der Waals surface area contributed by atoms with Gasteiger partial charge in [0.05, 0.1) is 4.90 Å². The first-order valence-electron chi connectivity index (χ1n) is 6.73. The summed E-state index contributed by atoms with van der Waals surface area (Å²) in [7, 11) is -3.53. The lowest BCUT2D eigenvalue weighted by Crippen LogP contribution is -2.23. The number of hydrogen-bond donors (Lipinski definition) is 1. The third kappa shape index (κ3) is 4.06. The van der Waals surface area contributed by atoms with Crippen molar-refractivity contribution < 1.29 is 8.42 Å². The highest BCUT2D eigenvalue weighted by Gasteiger charge is 2.14. The highest BCUT2D eigenvalue weighted by molar-refractivity contribution is 7.89. The molecule has 2 rings (SSSR count). The fourth-order valence-electron chi connectivity index (χ4n) is 2.13. The van der Waals surface area contributed by atoms with E-state index in [4.69, 9.17) is 11.6 Å². The van der Waals surface area contributed by atoms with Crippen LogP contribution in [0.25, 0.3) is 0 Å². The van der Waals surface area contributed by atoms with Crippen molar-refractivity contribution >= 4 is 21.6 Å². The molecule has 0 amide bonds. The van der Waals surface area contributed by atoms with Gasteiger partial charge in [-0.1, -0.05) is 49.7 Å². The van der Waals surface area contributed by atoms with Gasteiger partial charge in [-0.3, -0.25) is 0 Å². The summed E-state index contributed by atoms with van der Waals surface area (Å²) in [6.07, 6.45) is 0. The third-order valence-corrected chi connectivity index (χ3v) is 4.92. The molecule has 0 saturated heterocycles. The van der Waals surface area contributed by atoms with E-state index in [2.05, 4.69) is 18.6 Å². The van der Waals surface area contributed by atoms with E-state index in [-0.39, 0.29) is 11.4 Å². The Morgan fingerprint density at radius 3 is 2.29 bits per heavy atom. The molecule has 0 aliphatic heterocycles. The Bertz CT molecular complexity index is 709. The van der Waals surface area contributed by atoms with Crippen LogP contribution in [0.2, 0.25) is 5.02 Å². The third-order valence-electron chi connectivity index (χ3n) is 3.25. The standard InChI is InChI=1S/C16H18ClNO2S/c1-12(2)16-6-4-3-5-13(16)11-18-21(19,20)15-9-7-14(17)8-10-15/h3-10,12,18H,11H2,1-2H3. The summed E-state index contributed by atoms with van der Waals surface area (Å²) in [4.78, 5) is 0.217. The molecule has 0 aliphatic carbocycles. The van der Waals surface area contributed by atoms with Crippen LogP contribution in [-0.2, 0) is 16.6 Å². The van der Waals surface area contributed by atoms with Crippen molar-refractivity contribution in [2.75, 3.05) is 0 Å². The average molecular weight is 324 g/mol. The van der Waals surface area contributed by atoms with Crippen LogP contribution < -0.4 is 4.72 Å². The van der Waals surface area contributed by atoms with Crippen molar-refractivity contribution in [3.63, 3.8) is 0 Å². The summed E-state index contributed by atoms with van der Waals surface area (Å²) in [6.45, 7) is 4.46. The normalized spacial score (nSPS) is 11.8. The Kier molecular flexibility index (Phi) is 5.04. The monoisotopic (exact) mass is 323 g/mol. The molecule has 1 N–H and O–H groups in total. The summed E-state index contributed by atoms with van der Waals surface area (Å²) >= 11 is 5.78. The van der Waals surface area contributed by atoms with Gasteiger partial charge < -0.3 is 0 Å². The zero-order valence-corrected chi connectivity index (χ0v) is 13.6. The van der Waals surface area contributed by atoms with Gasteiger partial charge in [0.2, 0.25) is 10.0 Å². The molecule has 5 heteroatoms. The van der Waals surface area contributed by atoms with Gasteiger partial charge in [0.15, 0.2) is 0 Å². The van der Waals surface area contributed by atoms with Crippen molar-refractivity contribution in [1.82, 2.24) is 4.72 Å². The Morgan fingerprint density at radius 1 is 1.05 bits per heavy atom. The molecule has 112 valence electrons. The molecule has 0 unspecified atom stereocenters. The first-order valence-corrected chi connectivity index (χ1v) is 8.59. The van der Waals surface area contributed by atoms with E-state index in [9.17, 15) is 8.42 Å². The number of sulfonamides is 1. The number of hydrogen-bond acceptors (Lipinski definition) is 2. The van der Waals surface area contributed by atoms with Crippen LogP contribution >= 0.6 is 11.6 Å². The van der Waals surface area contributed by atoms with Gasteiger partial charge in [0.25, 0.3) is 0 Å². The Balaban J connectivity index is 2.18. The van der Waals surface area contributed by atoms with Crippen LogP contribution in [0.4, 0.5) is 0 Å². The first kappa shape index (κ1) is 16.0. The second-order valence-corrected chi connectivity index (χ2v) is 7.34. The van der Waals surface area contributed by atoms with Crippen molar-refractivity contribution in [2.24, 2.45) is 0 Å². The SMILES string of the molecule is CC(C)c1ccccc1CNS(=O)(=O)c1ccc(Cl)cc1. The minimum absolute atomic E-state index is 0.217. The van der Waals surface area contributed by atoms with Crippen LogP contribution in [0.5, 0.6) is 0 Å². The smallest absolute Gasteiger partial charge is 0.207 e. The molecule has 3 nitrogen and oxygen atoms in total. The number of benzene rings is 2. The lowest BCUT2D eigenvalue weighted by molar-refractivity contribution is 0.581. The van der Waals surface area contributed by atoms with Crippen molar-refractivity contribution in [3.05, 3.63) is 64.7 Å². The van der Waals surface area contributed by atoms with Crippen LogP contribution in [0.1, 0.15) is 30.9 Å². The van der Waals surface area contributed by atoms with E-state index in [0.717, 1.165) is 11.1 Å². The Morgan fingerprint density at radius 2 is 1.67 bits per heavy atom. The van der Waals surface area contributed by atoms with Gasteiger partial charge in [0, 0.05) is 11.6 Å². The number of rotatable bonds is 5. The molecule has 2 aromatic rings. The molecule has 0 saturated carbocycles. The largest absolute Gasteiger partial charge is 0.240 e. The minimum Gasteiger partial charge on any atom is -0.207 e. The van der Waals surface area contributed by atoms with Gasteiger partial charge in [-0.15, -0.1) is 0 Å². The molecule has 0 aromatic heterocycles. The predicted molar refractivity (Wildman–Crippen MR) is 86.0 cm³/mol. The maximum atomic E-state index is 12.2. The highest BCUT2D eigenvalue weighted by atomic mass is 35.5. The van der Waals surface area contributed by atoms with Crippen molar-refractivity contribution in [1.29, 1.82) is 0 Å². The molecule has 0 aliphatic rings. The Labute approximate surface area is 131 Å². The van der Waals surface area contributed by atoms with Crippen LogP contribution in [0, 0.1) is 0 Å². The minimum atomic E-state index is -3.53. The van der Waals surface area contributed by atoms with E-state index < -0.39 is 10.0 Å². The van der Waals surface area contributed by atoms with Gasteiger partial charge >= 0.3 is 0 Å². The highest BCUT2D eigenvalue weighted by Crippen LogP contribution is 2.20. The molecule has 0 atom stereocenters. The zero-order valence-electron chi connectivity index (χ0n) is 12.0. The lowest BCUT2D eigenvalue weighted by atomic mass is 9.97. The van der Waals surface area contributed by atoms with Gasteiger partial charge in [-0.05, 0) is 41.3 Å². The van der Waals surface area contributed by atoms with Crippen molar-refractivity contribution in [3.8, 4) is 0 Å². The van der Waals surface area contributed by atoms with Crippen LogP contribution in [0.15, 0.2) is 53.4 Å².